The fraction of sp³-hybridized carbons (Fsp3) is 0.833. The van der Waals surface area contributed by atoms with E-state index in [0.29, 0.717) is 0 Å². The lowest BCUT2D eigenvalue weighted by molar-refractivity contribution is 0.294. The van der Waals surface area contributed by atoms with Crippen molar-refractivity contribution in [3.63, 3.8) is 0 Å². The molecule has 1 aliphatic carbocycles. The Hall–Kier alpha value is -0.500. The number of rotatable bonds is 2. The average Bonchev–Trinajstić information content (AvgIpc) is 2.96. The summed E-state index contributed by atoms with van der Waals surface area (Å²) in [5, 5.41) is 2.23. The zero-order valence-corrected chi connectivity index (χ0v) is 10.4. The van der Waals surface area contributed by atoms with Crippen molar-refractivity contribution >= 4 is 0 Å². The van der Waals surface area contributed by atoms with Crippen LogP contribution in [0.2, 0.25) is 0 Å². The second-order valence-electron chi connectivity index (χ2n) is 3.41. The lowest BCUT2D eigenvalue weighted by atomic mass is 10.3. The van der Waals surface area contributed by atoms with Crippen LogP contribution in [0.25, 0.3) is 0 Å². The highest BCUT2D eigenvalue weighted by molar-refractivity contribution is 5.04. The summed E-state index contributed by atoms with van der Waals surface area (Å²) in [5.74, 6) is 0.981. The molecule has 0 aromatic heterocycles. The van der Waals surface area contributed by atoms with Crippen LogP contribution in [0.3, 0.4) is 0 Å². The van der Waals surface area contributed by atoms with Gasteiger partial charge in [0.2, 0.25) is 0 Å². The SMILES string of the molecule is CC.CC.CC1=CN(CC2CC2)NC1. The van der Waals surface area contributed by atoms with Crippen molar-refractivity contribution in [2.75, 3.05) is 13.1 Å². The predicted molar refractivity (Wildman–Crippen MR) is 63.9 cm³/mol. The molecule has 1 fully saturated rings. The van der Waals surface area contributed by atoms with Gasteiger partial charge in [-0.25, -0.2) is 5.43 Å². The Morgan fingerprint density at radius 1 is 1.29 bits per heavy atom. The van der Waals surface area contributed by atoms with Crippen molar-refractivity contribution in [3.05, 3.63) is 11.8 Å². The van der Waals surface area contributed by atoms with Crippen LogP contribution in [0.5, 0.6) is 0 Å². The Kier molecular flexibility index (Phi) is 7.58. The van der Waals surface area contributed by atoms with E-state index in [1.54, 1.807) is 0 Å². The second-order valence-corrected chi connectivity index (χ2v) is 3.41. The number of hydrazine groups is 1. The molecule has 0 radical (unpaired) electrons. The summed E-state index contributed by atoms with van der Waals surface area (Å²) < 4.78 is 0. The van der Waals surface area contributed by atoms with Crippen LogP contribution < -0.4 is 5.43 Å². The molecule has 0 unspecified atom stereocenters. The molecule has 2 nitrogen and oxygen atoms in total. The van der Waals surface area contributed by atoms with Crippen molar-refractivity contribution < 1.29 is 0 Å². The highest BCUT2D eigenvalue weighted by Crippen LogP contribution is 2.29. The van der Waals surface area contributed by atoms with Gasteiger partial charge in [0.05, 0.1) is 0 Å². The molecular weight excluding hydrogens is 172 g/mol. The van der Waals surface area contributed by atoms with Gasteiger partial charge in [-0.15, -0.1) is 0 Å². The zero-order valence-electron chi connectivity index (χ0n) is 10.4. The minimum Gasteiger partial charge on any atom is -0.315 e. The third-order valence-electron chi connectivity index (χ3n) is 2.09. The number of nitrogens with one attached hydrogen (secondary N) is 1. The fourth-order valence-electron chi connectivity index (χ4n) is 1.28. The van der Waals surface area contributed by atoms with E-state index in [4.69, 9.17) is 0 Å². The Balaban J connectivity index is 0.000000379. The highest BCUT2D eigenvalue weighted by atomic mass is 15.5. The largest absolute Gasteiger partial charge is 0.315 e. The third kappa shape index (κ3) is 5.28. The molecule has 0 saturated heterocycles. The molecule has 2 aliphatic rings. The predicted octanol–water partition coefficient (Wildman–Crippen LogP) is 3.17. The molecule has 0 aromatic rings. The molecule has 0 spiro atoms. The summed E-state index contributed by atoms with van der Waals surface area (Å²) in [7, 11) is 0. The van der Waals surface area contributed by atoms with Crippen molar-refractivity contribution in [3.8, 4) is 0 Å². The molecule has 84 valence electrons. The van der Waals surface area contributed by atoms with E-state index in [-0.39, 0.29) is 0 Å². The number of nitrogens with zero attached hydrogens (tertiary/aromatic N) is 1. The van der Waals surface area contributed by atoms with Gasteiger partial charge in [-0.3, -0.25) is 0 Å². The molecule has 1 heterocycles. The summed E-state index contributed by atoms with van der Waals surface area (Å²) in [5.41, 5.74) is 4.76. The maximum Gasteiger partial charge on any atom is 0.0375 e. The van der Waals surface area contributed by atoms with Crippen molar-refractivity contribution in [1.29, 1.82) is 0 Å². The molecule has 2 rings (SSSR count). The molecule has 0 aromatic carbocycles. The summed E-state index contributed by atoms with van der Waals surface area (Å²) in [6.07, 6.45) is 5.09. The minimum atomic E-state index is 0.981. The standard InChI is InChI=1S/C8H14N2.2C2H6/c1-7-4-9-10(5-7)6-8-2-3-8;2*1-2/h5,8-9H,2-4,6H2,1H3;2*1-2H3. The van der Waals surface area contributed by atoms with Gasteiger partial charge in [0.25, 0.3) is 0 Å². The van der Waals surface area contributed by atoms with Gasteiger partial charge in [-0.1, -0.05) is 27.7 Å². The average molecular weight is 198 g/mol. The van der Waals surface area contributed by atoms with Crippen LogP contribution in [0.15, 0.2) is 11.8 Å². The maximum absolute atomic E-state index is 3.32. The molecule has 0 amide bonds. The Bertz CT molecular complexity index is 160. The van der Waals surface area contributed by atoms with E-state index in [1.807, 2.05) is 27.7 Å². The molecule has 0 bridgehead atoms. The lowest BCUT2D eigenvalue weighted by Gasteiger charge is -2.14. The fourth-order valence-corrected chi connectivity index (χ4v) is 1.28. The first-order chi connectivity index (χ1) is 6.84. The van der Waals surface area contributed by atoms with E-state index in [0.717, 1.165) is 12.5 Å². The van der Waals surface area contributed by atoms with Gasteiger partial charge >= 0.3 is 0 Å². The first-order valence-electron chi connectivity index (χ1n) is 6.02. The quantitative estimate of drug-likeness (QED) is 0.733. The van der Waals surface area contributed by atoms with Crippen LogP contribution in [-0.4, -0.2) is 18.1 Å². The lowest BCUT2D eigenvalue weighted by Crippen LogP contribution is -2.30. The van der Waals surface area contributed by atoms with Gasteiger partial charge in [0, 0.05) is 19.3 Å². The number of hydrogen-bond acceptors (Lipinski definition) is 2. The van der Waals surface area contributed by atoms with Gasteiger partial charge in [-0.05, 0) is 31.3 Å². The van der Waals surface area contributed by atoms with E-state index < -0.39 is 0 Å². The topological polar surface area (TPSA) is 15.3 Å². The molecule has 2 heteroatoms. The van der Waals surface area contributed by atoms with Crippen molar-refractivity contribution in [2.24, 2.45) is 5.92 Å². The first kappa shape index (κ1) is 13.5. The summed E-state index contributed by atoms with van der Waals surface area (Å²) >= 11 is 0. The third-order valence-corrected chi connectivity index (χ3v) is 2.09. The van der Waals surface area contributed by atoms with E-state index >= 15 is 0 Å². The van der Waals surface area contributed by atoms with Gasteiger partial charge < -0.3 is 5.01 Å². The summed E-state index contributed by atoms with van der Waals surface area (Å²) in [6.45, 7) is 12.4. The summed E-state index contributed by atoms with van der Waals surface area (Å²) in [6, 6.07) is 0. The van der Waals surface area contributed by atoms with Gasteiger partial charge in [0.15, 0.2) is 0 Å². The van der Waals surface area contributed by atoms with Gasteiger partial charge in [-0.2, -0.15) is 0 Å². The number of hydrogen-bond donors (Lipinski definition) is 1. The van der Waals surface area contributed by atoms with Crippen LogP contribution in [-0.2, 0) is 0 Å². The first-order valence-corrected chi connectivity index (χ1v) is 6.02. The van der Waals surface area contributed by atoms with Crippen molar-refractivity contribution in [2.45, 2.75) is 47.5 Å². The Labute approximate surface area is 89.3 Å². The maximum atomic E-state index is 3.32. The van der Waals surface area contributed by atoms with E-state index in [2.05, 4.69) is 23.6 Å². The second kappa shape index (κ2) is 7.86. The molecule has 14 heavy (non-hydrogen) atoms. The normalized spacial score (nSPS) is 18.9. The molecule has 0 atom stereocenters. The molecular formula is C12H26N2. The molecule has 1 aliphatic heterocycles. The van der Waals surface area contributed by atoms with Gasteiger partial charge in [0.1, 0.15) is 0 Å². The molecule has 1 saturated carbocycles. The monoisotopic (exact) mass is 198 g/mol. The van der Waals surface area contributed by atoms with Crippen molar-refractivity contribution in [1.82, 2.24) is 10.4 Å². The zero-order chi connectivity index (χ0) is 11.0. The van der Waals surface area contributed by atoms with E-state index in [1.165, 1.54) is 25.0 Å². The van der Waals surface area contributed by atoms with Crippen LogP contribution in [0.1, 0.15) is 47.5 Å². The summed E-state index contributed by atoms with van der Waals surface area (Å²) in [4.78, 5) is 0. The Morgan fingerprint density at radius 2 is 1.86 bits per heavy atom. The van der Waals surface area contributed by atoms with E-state index in [9.17, 15) is 0 Å². The smallest absolute Gasteiger partial charge is 0.0375 e. The van der Waals surface area contributed by atoms with Crippen LogP contribution in [0.4, 0.5) is 0 Å². The minimum absolute atomic E-state index is 0.981. The highest BCUT2D eigenvalue weighted by Gasteiger charge is 2.24. The Morgan fingerprint density at radius 3 is 2.21 bits per heavy atom. The molecule has 1 N–H and O–H groups in total. The van der Waals surface area contributed by atoms with Crippen LogP contribution in [0, 0.1) is 5.92 Å². The van der Waals surface area contributed by atoms with Crippen LogP contribution >= 0.6 is 0 Å².